The van der Waals surface area contributed by atoms with Crippen LogP contribution in [0.5, 0.6) is 11.5 Å². The van der Waals surface area contributed by atoms with Gasteiger partial charge in [-0.3, -0.25) is 0 Å². The van der Waals surface area contributed by atoms with Crippen LogP contribution in [0.15, 0.2) is 24.3 Å². The average Bonchev–Trinajstić information content (AvgIpc) is 2.29. The van der Waals surface area contributed by atoms with Crippen LogP contribution in [0.25, 0.3) is 10.8 Å². The molecule has 0 saturated carbocycles. The summed E-state index contributed by atoms with van der Waals surface area (Å²) in [4.78, 5) is 0. The normalized spacial score (nSPS) is 10.9. The van der Waals surface area contributed by atoms with E-state index in [-0.39, 0.29) is 0 Å². The van der Waals surface area contributed by atoms with Gasteiger partial charge in [-0.15, -0.1) is 0 Å². The Hall–Kier alpha value is -1.70. The molecule has 84 valence electrons. The predicted molar refractivity (Wildman–Crippen MR) is 66.0 cm³/mol. The van der Waals surface area contributed by atoms with Crippen LogP contribution in [0.4, 0.5) is 0 Å². The van der Waals surface area contributed by atoms with E-state index < -0.39 is 0 Å². The quantitative estimate of drug-likeness (QED) is 0.808. The van der Waals surface area contributed by atoms with Crippen LogP contribution in [-0.4, -0.2) is 10.2 Å². The van der Waals surface area contributed by atoms with E-state index >= 15 is 0 Å². The molecule has 0 spiro atoms. The summed E-state index contributed by atoms with van der Waals surface area (Å²) in [5.74, 6) is 0.647. The molecule has 2 aromatic rings. The number of phenols is 2. The van der Waals surface area contributed by atoms with Gasteiger partial charge in [0.2, 0.25) is 0 Å². The maximum Gasteiger partial charge on any atom is 0.126 e. The average molecular weight is 216 g/mol. The third-order valence-electron chi connectivity index (χ3n) is 3.04. The Morgan fingerprint density at radius 2 is 1.62 bits per heavy atom. The Morgan fingerprint density at radius 3 is 2.25 bits per heavy atom. The molecule has 0 bridgehead atoms. The zero-order valence-electron chi connectivity index (χ0n) is 9.62. The molecule has 16 heavy (non-hydrogen) atoms. The summed E-state index contributed by atoms with van der Waals surface area (Å²) < 4.78 is 0. The van der Waals surface area contributed by atoms with Crippen LogP contribution < -0.4 is 0 Å². The molecule has 0 heterocycles. The third-order valence-corrected chi connectivity index (χ3v) is 3.04. The molecule has 0 fully saturated rings. The summed E-state index contributed by atoms with van der Waals surface area (Å²) in [5.41, 5.74) is 1.82. The smallest absolute Gasteiger partial charge is 0.126 e. The van der Waals surface area contributed by atoms with Crippen molar-refractivity contribution in [2.45, 2.75) is 26.7 Å². The molecule has 2 rings (SSSR count). The van der Waals surface area contributed by atoms with Gasteiger partial charge in [-0.1, -0.05) is 26.0 Å². The van der Waals surface area contributed by atoms with Crippen LogP contribution in [0.2, 0.25) is 0 Å². The minimum Gasteiger partial charge on any atom is -0.508 e. The molecule has 0 aromatic heterocycles. The molecule has 0 radical (unpaired) electrons. The van der Waals surface area contributed by atoms with Crippen molar-refractivity contribution in [3.8, 4) is 11.5 Å². The highest BCUT2D eigenvalue weighted by atomic mass is 16.3. The van der Waals surface area contributed by atoms with Crippen LogP contribution in [-0.2, 0) is 12.8 Å². The number of benzene rings is 2. The summed E-state index contributed by atoms with van der Waals surface area (Å²) in [6, 6.07) is 7.43. The predicted octanol–water partition coefficient (Wildman–Crippen LogP) is 3.38. The van der Waals surface area contributed by atoms with E-state index in [1.54, 1.807) is 6.07 Å². The van der Waals surface area contributed by atoms with Crippen molar-refractivity contribution in [2.24, 2.45) is 0 Å². The first-order valence-corrected chi connectivity index (χ1v) is 5.63. The molecule has 0 aliphatic heterocycles. The maximum atomic E-state index is 10.1. The summed E-state index contributed by atoms with van der Waals surface area (Å²) in [6.07, 6.45) is 1.57. The molecule has 0 saturated heterocycles. The lowest BCUT2D eigenvalue weighted by Crippen LogP contribution is -1.87. The monoisotopic (exact) mass is 216 g/mol. The zero-order chi connectivity index (χ0) is 11.7. The Bertz CT molecular complexity index is 530. The number of hydrogen-bond acceptors (Lipinski definition) is 2. The molecular weight excluding hydrogens is 200 g/mol. The summed E-state index contributed by atoms with van der Waals surface area (Å²) in [5, 5.41) is 21.5. The first-order chi connectivity index (χ1) is 7.67. The molecule has 0 aliphatic rings. The van der Waals surface area contributed by atoms with E-state index in [4.69, 9.17) is 0 Å². The standard InChI is InChI=1S/C14H16O2/c1-3-9-5-6-11-8-13(15)10(4-2)7-12(11)14(9)16/h5-8,15-16H,3-4H2,1-2H3. The van der Waals surface area contributed by atoms with E-state index in [1.165, 1.54) is 0 Å². The number of aryl methyl sites for hydroxylation is 2. The number of hydrogen-bond donors (Lipinski definition) is 2. The molecule has 2 N–H and O–H groups in total. The van der Waals surface area contributed by atoms with Crippen molar-refractivity contribution < 1.29 is 10.2 Å². The van der Waals surface area contributed by atoms with Gasteiger partial charge in [0.05, 0.1) is 0 Å². The Kier molecular flexibility index (Phi) is 2.73. The first-order valence-electron chi connectivity index (χ1n) is 5.63. The SMILES string of the molecule is CCc1cc2c(O)c(CC)ccc2cc1O. The molecule has 2 nitrogen and oxygen atoms in total. The Balaban J connectivity index is 2.77. The van der Waals surface area contributed by atoms with Crippen molar-refractivity contribution in [2.75, 3.05) is 0 Å². The van der Waals surface area contributed by atoms with Crippen molar-refractivity contribution in [1.82, 2.24) is 0 Å². The van der Waals surface area contributed by atoms with E-state index in [0.717, 1.165) is 34.7 Å². The Labute approximate surface area is 95.2 Å². The van der Waals surface area contributed by atoms with Gasteiger partial charge in [0.25, 0.3) is 0 Å². The minimum absolute atomic E-state index is 0.304. The minimum atomic E-state index is 0.304. The summed E-state index contributed by atoms with van der Waals surface area (Å²) in [6.45, 7) is 4.00. The fraction of sp³-hybridized carbons (Fsp3) is 0.286. The van der Waals surface area contributed by atoms with Gasteiger partial charge < -0.3 is 10.2 Å². The highest BCUT2D eigenvalue weighted by Crippen LogP contribution is 2.33. The fourth-order valence-corrected chi connectivity index (χ4v) is 2.00. The fourth-order valence-electron chi connectivity index (χ4n) is 2.00. The van der Waals surface area contributed by atoms with Gasteiger partial charge >= 0.3 is 0 Å². The maximum absolute atomic E-state index is 10.1. The molecule has 0 aliphatic carbocycles. The van der Waals surface area contributed by atoms with E-state index in [1.807, 2.05) is 32.0 Å². The first kappa shape index (κ1) is 10.8. The van der Waals surface area contributed by atoms with Crippen molar-refractivity contribution in [1.29, 1.82) is 0 Å². The topological polar surface area (TPSA) is 40.5 Å². The van der Waals surface area contributed by atoms with Crippen LogP contribution in [0.3, 0.4) is 0 Å². The molecular formula is C14H16O2. The van der Waals surface area contributed by atoms with E-state index in [9.17, 15) is 10.2 Å². The number of fused-ring (bicyclic) bond motifs is 1. The van der Waals surface area contributed by atoms with Gasteiger partial charge in [0.15, 0.2) is 0 Å². The number of rotatable bonds is 2. The van der Waals surface area contributed by atoms with Crippen LogP contribution >= 0.6 is 0 Å². The van der Waals surface area contributed by atoms with Crippen LogP contribution in [0.1, 0.15) is 25.0 Å². The highest BCUT2D eigenvalue weighted by Gasteiger charge is 2.08. The lowest BCUT2D eigenvalue weighted by molar-refractivity contribution is 0.468. The lowest BCUT2D eigenvalue weighted by atomic mass is 10.00. The molecule has 0 unspecified atom stereocenters. The number of aromatic hydroxyl groups is 2. The largest absolute Gasteiger partial charge is 0.508 e. The van der Waals surface area contributed by atoms with Gasteiger partial charge in [-0.05, 0) is 41.5 Å². The highest BCUT2D eigenvalue weighted by molar-refractivity contribution is 5.91. The van der Waals surface area contributed by atoms with Crippen molar-refractivity contribution in [3.63, 3.8) is 0 Å². The molecule has 2 aromatic carbocycles. The zero-order valence-corrected chi connectivity index (χ0v) is 9.62. The molecule has 2 heteroatoms. The van der Waals surface area contributed by atoms with E-state index in [0.29, 0.717) is 11.5 Å². The van der Waals surface area contributed by atoms with Gasteiger partial charge in [0, 0.05) is 5.39 Å². The second-order valence-electron chi connectivity index (χ2n) is 3.98. The second-order valence-corrected chi connectivity index (χ2v) is 3.98. The van der Waals surface area contributed by atoms with Gasteiger partial charge in [0.1, 0.15) is 11.5 Å². The lowest BCUT2D eigenvalue weighted by Gasteiger charge is -2.09. The van der Waals surface area contributed by atoms with Gasteiger partial charge in [-0.25, -0.2) is 0 Å². The van der Waals surface area contributed by atoms with Crippen molar-refractivity contribution in [3.05, 3.63) is 35.4 Å². The van der Waals surface area contributed by atoms with Crippen molar-refractivity contribution >= 4 is 10.8 Å². The summed E-state index contributed by atoms with van der Waals surface area (Å²) in [7, 11) is 0. The number of phenolic OH excluding ortho intramolecular Hbond substituents is 2. The molecule has 0 amide bonds. The van der Waals surface area contributed by atoms with Gasteiger partial charge in [-0.2, -0.15) is 0 Å². The summed E-state index contributed by atoms with van der Waals surface area (Å²) >= 11 is 0. The Morgan fingerprint density at radius 1 is 0.938 bits per heavy atom. The third kappa shape index (κ3) is 1.60. The van der Waals surface area contributed by atoms with E-state index in [2.05, 4.69) is 0 Å². The molecule has 0 atom stereocenters. The van der Waals surface area contributed by atoms with Crippen LogP contribution in [0, 0.1) is 0 Å². The second kappa shape index (κ2) is 4.05.